The SMILES string of the molecule is CCn1cnc2c1c(=O)n(CCN)c(=O)n2CCOC. The second-order valence-electron chi connectivity index (χ2n) is 4.38. The van der Waals surface area contributed by atoms with Crippen molar-refractivity contribution in [3.8, 4) is 0 Å². The molecule has 2 aromatic rings. The Balaban J connectivity index is 2.79. The van der Waals surface area contributed by atoms with E-state index >= 15 is 0 Å². The normalized spacial score (nSPS) is 11.3. The van der Waals surface area contributed by atoms with Crippen LogP contribution in [0.2, 0.25) is 0 Å². The lowest BCUT2D eigenvalue weighted by atomic mass is 10.4. The molecule has 8 nitrogen and oxygen atoms in total. The smallest absolute Gasteiger partial charge is 0.332 e. The summed E-state index contributed by atoms with van der Waals surface area (Å²) in [6, 6.07) is 0. The Labute approximate surface area is 115 Å². The molecule has 0 aliphatic carbocycles. The van der Waals surface area contributed by atoms with Gasteiger partial charge in [-0.2, -0.15) is 0 Å². The highest BCUT2D eigenvalue weighted by molar-refractivity contribution is 5.70. The Bertz CT molecular complexity index is 712. The zero-order valence-corrected chi connectivity index (χ0v) is 11.7. The number of hydrogen-bond donors (Lipinski definition) is 1. The molecule has 2 N–H and O–H groups in total. The molecule has 2 aromatic heterocycles. The average Bonchev–Trinajstić information content (AvgIpc) is 2.87. The van der Waals surface area contributed by atoms with E-state index in [1.165, 1.54) is 4.57 Å². The van der Waals surface area contributed by atoms with Crippen LogP contribution in [0.15, 0.2) is 15.9 Å². The van der Waals surface area contributed by atoms with Crippen LogP contribution in [-0.2, 0) is 24.4 Å². The van der Waals surface area contributed by atoms with Gasteiger partial charge in [0.1, 0.15) is 0 Å². The van der Waals surface area contributed by atoms with Gasteiger partial charge in [0.2, 0.25) is 0 Å². The summed E-state index contributed by atoms with van der Waals surface area (Å²) in [6.45, 7) is 3.65. The summed E-state index contributed by atoms with van der Waals surface area (Å²) in [7, 11) is 1.56. The van der Waals surface area contributed by atoms with Crippen LogP contribution in [0, 0.1) is 0 Å². The first kappa shape index (κ1) is 14.5. The molecule has 0 unspecified atom stereocenters. The van der Waals surface area contributed by atoms with Crippen LogP contribution >= 0.6 is 0 Å². The van der Waals surface area contributed by atoms with Gasteiger partial charge in [-0.15, -0.1) is 0 Å². The number of ether oxygens (including phenoxy) is 1. The van der Waals surface area contributed by atoms with Gasteiger partial charge in [0.15, 0.2) is 11.2 Å². The number of aryl methyl sites for hydroxylation is 1. The minimum Gasteiger partial charge on any atom is -0.383 e. The molecule has 0 amide bonds. The molecule has 2 rings (SSSR count). The van der Waals surface area contributed by atoms with E-state index in [1.807, 2.05) is 6.92 Å². The van der Waals surface area contributed by atoms with Gasteiger partial charge < -0.3 is 15.0 Å². The van der Waals surface area contributed by atoms with Gasteiger partial charge in [0.25, 0.3) is 5.56 Å². The van der Waals surface area contributed by atoms with Crippen LogP contribution in [0.25, 0.3) is 11.2 Å². The lowest BCUT2D eigenvalue weighted by molar-refractivity contribution is 0.186. The maximum absolute atomic E-state index is 12.4. The molecule has 0 aromatic carbocycles. The third kappa shape index (κ3) is 2.27. The van der Waals surface area contributed by atoms with Gasteiger partial charge in [0, 0.05) is 26.7 Å². The molecule has 8 heteroatoms. The molecule has 0 bridgehead atoms. The fourth-order valence-electron chi connectivity index (χ4n) is 2.19. The lowest BCUT2D eigenvalue weighted by Gasteiger charge is -2.11. The van der Waals surface area contributed by atoms with Crippen LogP contribution < -0.4 is 17.0 Å². The van der Waals surface area contributed by atoms with Gasteiger partial charge in [-0.1, -0.05) is 0 Å². The summed E-state index contributed by atoms with van der Waals surface area (Å²) in [5.74, 6) is 0. The number of imidazole rings is 1. The molecule has 0 aliphatic rings. The second-order valence-corrected chi connectivity index (χ2v) is 4.38. The zero-order valence-electron chi connectivity index (χ0n) is 11.7. The van der Waals surface area contributed by atoms with E-state index < -0.39 is 5.69 Å². The molecule has 20 heavy (non-hydrogen) atoms. The summed E-state index contributed by atoms with van der Waals surface area (Å²) in [5.41, 5.74) is 5.57. The van der Waals surface area contributed by atoms with Crippen molar-refractivity contribution in [2.45, 2.75) is 26.6 Å². The summed E-state index contributed by atoms with van der Waals surface area (Å²) in [4.78, 5) is 29.0. The number of fused-ring (bicyclic) bond motifs is 1. The van der Waals surface area contributed by atoms with E-state index in [0.717, 1.165) is 4.57 Å². The monoisotopic (exact) mass is 281 g/mol. The summed E-state index contributed by atoms with van der Waals surface area (Å²) in [6.07, 6.45) is 1.57. The fourth-order valence-corrected chi connectivity index (χ4v) is 2.19. The van der Waals surface area contributed by atoms with Crippen molar-refractivity contribution < 1.29 is 4.74 Å². The first-order valence-corrected chi connectivity index (χ1v) is 6.53. The molecule has 2 heterocycles. The predicted octanol–water partition coefficient (Wildman–Crippen LogP) is -1.02. The Morgan fingerprint density at radius 2 is 2.05 bits per heavy atom. The minimum absolute atomic E-state index is 0.190. The molecule has 0 atom stereocenters. The predicted molar refractivity (Wildman–Crippen MR) is 74.9 cm³/mol. The zero-order chi connectivity index (χ0) is 14.7. The van der Waals surface area contributed by atoms with E-state index in [0.29, 0.717) is 30.9 Å². The maximum atomic E-state index is 12.4. The number of aromatic nitrogens is 4. The van der Waals surface area contributed by atoms with Crippen molar-refractivity contribution >= 4 is 11.2 Å². The fraction of sp³-hybridized carbons (Fsp3) is 0.583. The van der Waals surface area contributed by atoms with Crippen LogP contribution in [0.4, 0.5) is 0 Å². The average molecular weight is 281 g/mol. The van der Waals surface area contributed by atoms with Gasteiger partial charge in [0.05, 0.1) is 19.5 Å². The molecule has 0 aliphatic heterocycles. The Kier molecular flexibility index (Phi) is 4.35. The van der Waals surface area contributed by atoms with E-state index in [1.54, 1.807) is 18.0 Å². The van der Waals surface area contributed by atoms with Crippen molar-refractivity contribution in [3.63, 3.8) is 0 Å². The van der Waals surface area contributed by atoms with Gasteiger partial charge in [-0.3, -0.25) is 13.9 Å². The van der Waals surface area contributed by atoms with Crippen LogP contribution in [0.3, 0.4) is 0 Å². The standard InChI is InChI=1S/C12H19N5O3/c1-3-15-8-14-10-9(15)11(18)17(5-4-13)12(19)16(10)6-7-20-2/h8H,3-7,13H2,1-2H3. The Morgan fingerprint density at radius 1 is 1.30 bits per heavy atom. The van der Waals surface area contributed by atoms with Crippen molar-refractivity contribution in [2.75, 3.05) is 20.3 Å². The van der Waals surface area contributed by atoms with Crippen LogP contribution in [0.5, 0.6) is 0 Å². The number of nitrogens with two attached hydrogens (primary N) is 1. The van der Waals surface area contributed by atoms with Gasteiger partial charge in [-0.05, 0) is 6.92 Å². The largest absolute Gasteiger partial charge is 0.383 e. The molecule has 0 spiro atoms. The van der Waals surface area contributed by atoms with E-state index in [4.69, 9.17) is 10.5 Å². The number of hydrogen-bond acceptors (Lipinski definition) is 5. The molecular weight excluding hydrogens is 262 g/mol. The number of rotatable bonds is 6. The van der Waals surface area contributed by atoms with Crippen molar-refractivity contribution in [3.05, 3.63) is 27.2 Å². The van der Waals surface area contributed by atoms with Crippen molar-refractivity contribution in [1.29, 1.82) is 0 Å². The first-order valence-electron chi connectivity index (χ1n) is 6.53. The molecule has 0 radical (unpaired) electrons. The van der Waals surface area contributed by atoms with Crippen molar-refractivity contribution in [2.24, 2.45) is 5.73 Å². The molecule has 110 valence electrons. The quantitative estimate of drug-likeness (QED) is 0.731. The minimum atomic E-state index is -0.397. The molecule has 0 fully saturated rings. The topological polar surface area (TPSA) is 97.1 Å². The maximum Gasteiger partial charge on any atom is 0.332 e. The second kappa shape index (κ2) is 6.02. The van der Waals surface area contributed by atoms with Gasteiger partial charge in [-0.25, -0.2) is 9.78 Å². The highest BCUT2D eigenvalue weighted by atomic mass is 16.5. The Hall–Kier alpha value is -1.93. The van der Waals surface area contributed by atoms with E-state index in [2.05, 4.69) is 4.98 Å². The van der Waals surface area contributed by atoms with E-state index in [9.17, 15) is 9.59 Å². The highest BCUT2D eigenvalue weighted by Gasteiger charge is 2.16. The summed E-state index contributed by atoms with van der Waals surface area (Å²) < 4.78 is 9.36. The van der Waals surface area contributed by atoms with Crippen LogP contribution in [-0.4, -0.2) is 38.9 Å². The van der Waals surface area contributed by atoms with Crippen molar-refractivity contribution in [1.82, 2.24) is 18.7 Å². The third-order valence-corrected chi connectivity index (χ3v) is 3.20. The van der Waals surface area contributed by atoms with Gasteiger partial charge >= 0.3 is 5.69 Å². The number of nitrogens with zero attached hydrogens (tertiary/aromatic N) is 4. The molecule has 0 saturated heterocycles. The van der Waals surface area contributed by atoms with E-state index in [-0.39, 0.29) is 18.6 Å². The Morgan fingerprint density at radius 3 is 2.65 bits per heavy atom. The summed E-state index contributed by atoms with van der Waals surface area (Å²) in [5, 5.41) is 0. The third-order valence-electron chi connectivity index (χ3n) is 3.20. The molecule has 0 saturated carbocycles. The number of methoxy groups -OCH3 is 1. The molecular formula is C12H19N5O3. The highest BCUT2D eigenvalue weighted by Crippen LogP contribution is 2.06. The first-order chi connectivity index (χ1) is 9.65. The summed E-state index contributed by atoms with van der Waals surface area (Å²) >= 11 is 0. The lowest BCUT2D eigenvalue weighted by Crippen LogP contribution is -2.42. The van der Waals surface area contributed by atoms with Crippen LogP contribution in [0.1, 0.15) is 6.92 Å².